The average Bonchev–Trinajstić information content (AvgIpc) is 2.21. The Morgan fingerprint density at radius 2 is 1.77 bits per heavy atom. The van der Waals surface area contributed by atoms with Crippen molar-refractivity contribution >= 4 is 0 Å². The summed E-state index contributed by atoms with van der Waals surface area (Å²) in [4.78, 5) is 0. The van der Waals surface area contributed by atoms with E-state index in [1.165, 1.54) is 7.11 Å². The van der Waals surface area contributed by atoms with Crippen molar-refractivity contribution in [2.45, 2.75) is 25.2 Å². The fourth-order valence-corrected chi connectivity index (χ4v) is 0.855. The van der Waals surface area contributed by atoms with Crippen LogP contribution < -0.4 is 0 Å². The van der Waals surface area contributed by atoms with E-state index >= 15 is 0 Å². The highest BCUT2D eigenvalue weighted by Crippen LogP contribution is 2.15. The summed E-state index contributed by atoms with van der Waals surface area (Å²) >= 11 is 0. The second-order valence-electron chi connectivity index (χ2n) is 2.76. The van der Waals surface area contributed by atoms with Crippen molar-refractivity contribution in [3.63, 3.8) is 0 Å². The molecular weight excluding hydrogens is 176 g/mol. The van der Waals surface area contributed by atoms with Crippen LogP contribution in [0.3, 0.4) is 0 Å². The molecule has 5 nitrogen and oxygen atoms in total. The van der Waals surface area contributed by atoms with Gasteiger partial charge in [0.25, 0.3) is 0 Å². The van der Waals surface area contributed by atoms with Crippen LogP contribution in [0.15, 0.2) is 0 Å². The van der Waals surface area contributed by atoms with Gasteiger partial charge in [-0.25, -0.2) is 0 Å². The lowest BCUT2D eigenvalue weighted by Gasteiger charge is -2.31. The number of methoxy groups -OCH3 is 1. The Balaban J connectivity index is 4.21. The third-order valence-corrected chi connectivity index (χ3v) is 1.89. The fourth-order valence-electron chi connectivity index (χ4n) is 0.855. The van der Waals surface area contributed by atoms with Crippen molar-refractivity contribution in [3.05, 3.63) is 0 Å². The molecule has 0 unspecified atom stereocenters. The van der Waals surface area contributed by atoms with Gasteiger partial charge in [0, 0.05) is 7.11 Å². The molecule has 5 heteroatoms. The van der Waals surface area contributed by atoms with Gasteiger partial charge in [0.2, 0.25) is 5.79 Å². The maximum Gasteiger partial charge on any atom is 0.215 e. The molecule has 0 saturated carbocycles. The maximum absolute atomic E-state index is 8.92. The van der Waals surface area contributed by atoms with E-state index in [1.807, 2.05) is 6.92 Å². The number of aliphatic hydroxyl groups is 3. The van der Waals surface area contributed by atoms with Crippen molar-refractivity contribution in [2.24, 2.45) is 0 Å². The number of hydrogen-bond acceptors (Lipinski definition) is 5. The second-order valence-corrected chi connectivity index (χ2v) is 2.76. The van der Waals surface area contributed by atoms with Crippen LogP contribution in [0, 0.1) is 0 Å². The number of ether oxygens (including phenoxy) is 2. The molecule has 0 heterocycles. The summed E-state index contributed by atoms with van der Waals surface area (Å²) in [6.45, 7) is 0.769. The molecule has 80 valence electrons. The molecule has 0 aliphatic carbocycles. The molecular formula is C8H18O5. The fraction of sp³-hybridized carbons (Fsp3) is 1.00. The molecule has 0 spiro atoms. The van der Waals surface area contributed by atoms with Crippen molar-refractivity contribution in [1.82, 2.24) is 0 Å². The summed E-state index contributed by atoms with van der Waals surface area (Å²) in [5.74, 6) is -1.40. The third kappa shape index (κ3) is 3.58. The lowest BCUT2D eigenvalue weighted by Crippen LogP contribution is -2.46. The van der Waals surface area contributed by atoms with Crippen molar-refractivity contribution in [1.29, 1.82) is 0 Å². The molecule has 1 atom stereocenters. The Hall–Kier alpha value is -0.200. The highest BCUT2D eigenvalue weighted by atomic mass is 16.7. The second kappa shape index (κ2) is 6.28. The van der Waals surface area contributed by atoms with Crippen LogP contribution in [-0.2, 0) is 9.47 Å². The minimum Gasteiger partial charge on any atom is -0.394 e. The quantitative estimate of drug-likeness (QED) is 0.458. The van der Waals surface area contributed by atoms with E-state index in [1.54, 1.807) is 0 Å². The predicted octanol–water partition coefficient (Wildman–Crippen LogP) is -0.899. The van der Waals surface area contributed by atoms with Gasteiger partial charge in [0.15, 0.2) is 0 Å². The molecule has 0 aromatic heterocycles. The molecule has 0 radical (unpaired) electrons. The summed E-state index contributed by atoms with van der Waals surface area (Å²) in [5.41, 5.74) is 0. The van der Waals surface area contributed by atoms with Gasteiger partial charge in [-0.05, 0) is 6.42 Å². The zero-order chi connectivity index (χ0) is 10.3. The molecule has 0 aliphatic heterocycles. The van der Waals surface area contributed by atoms with Crippen LogP contribution in [-0.4, -0.2) is 54.1 Å². The smallest absolute Gasteiger partial charge is 0.215 e. The van der Waals surface area contributed by atoms with E-state index in [0.717, 1.165) is 0 Å². The minimum atomic E-state index is -1.40. The average molecular weight is 194 g/mol. The predicted molar refractivity (Wildman–Crippen MR) is 46.2 cm³/mol. The molecule has 13 heavy (non-hydrogen) atoms. The van der Waals surface area contributed by atoms with Gasteiger partial charge in [-0.1, -0.05) is 6.92 Å². The zero-order valence-electron chi connectivity index (χ0n) is 8.06. The summed E-state index contributed by atoms with van der Waals surface area (Å²) in [5, 5.41) is 26.7. The molecule has 0 rings (SSSR count). The van der Waals surface area contributed by atoms with Crippen molar-refractivity contribution in [2.75, 3.05) is 26.9 Å². The van der Waals surface area contributed by atoms with E-state index in [2.05, 4.69) is 0 Å². The summed E-state index contributed by atoms with van der Waals surface area (Å²) in [6.07, 6.45) is 0.154. The van der Waals surface area contributed by atoms with E-state index in [0.29, 0.717) is 6.42 Å². The summed E-state index contributed by atoms with van der Waals surface area (Å²) in [7, 11) is 1.33. The van der Waals surface area contributed by atoms with Gasteiger partial charge >= 0.3 is 0 Å². The molecule has 0 aromatic rings. The van der Waals surface area contributed by atoms with Crippen molar-refractivity contribution in [3.8, 4) is 0 Å². The summed E-state index contributed by atoms with van der Waals surface area (Å²) < 4.78 is 10.0. The van der Waals surface area contributed by atoms with Crippen LogP contribution in [0.5, 0.6) is 0 Å². The lowest BCUT2D eigenvalue weighted by molar-refractivity contribution is -0.282. The van der Waals surface area contributed by atoms with Gasteiger partial charge in [-0.2, -0.15) is 0 Å². The van der Waals surface area contributed by atoms with Gasteiger partial charge in [0.05, 0.1) is 25.9 Å². The Bertz CT molecular complexity index is 111. The van der Waals surface area contributed by atoms with Gasteiger partial charge in [0.1, 0.15) is 0 Å². The maximum atomic E-state index is 8.92. The Morgan fingerprint density at radius 3 is 2.00 bits per heavy atom. The number of hydrogen-bond donors (Lipinski definition) is 3. The van der Waals surface area contributed by atoms with E-state index in [-0.39, 0.29) is 6.61 Å². The highest BCUT2D eigenvalue weighted by molar-refractivity contribution is 4.69. The first kappa shape index (κ1) is 12.8. The van der Waals surface area contributed by atoms with Gasteiger partial charge < -0.3 is 24.8 Å². The summed E-state index contributed by atoms with van der Waals surface area (Å²) in [6, 6.07) is 0. The van der Waals surface area contributed by atoms with Crippen molar-refractivity contribution < 1.29 is 24.8 Å². The number of aliphatic hydroxyl groups excluding tert-OH is 3. The highest BCUT2D eigenvalue weighted by Gasteiger charge is 2.32. The molecule has 3 N–H and O–H groups in total. The first-order chi connectivity index (χ1) is 6.17. The van der Waals surface area contributed by atoms with E-state index < -0.39 is 25.1 Å². The van der Waals surface area contributed by atoms with Crippen LogP contribution in [0.4, 0.5) is 0 Å². The zero-order valence-corrected chi connectivity index (χ0v) is 8.06. The van der Waals surface area contributed by atoms with Crippen LogP contribution in [0.25, 0.3) is 0 Å². The molecule has 0 saturated heterocycles. The number of rotatable bonds is 7. The van der Waals surface area contributed by atoms with E-state index in [4.69, 9.17) is 24.8 Å². The van der Waals surface area contributed by atoms with Crippen LogP contribution in [0.2, 0.25) is 0 Å². The molecule has 0 bridgehead atoms. The SMILES string of the molecule is CC[C@@H](CO)OC(CO)(CO)OC. The molecule has 0 aliphatic rings. The molecule has 0 fully saturated rings. The first-order valence-electron chi connectivity index (χ1n) is 4.23. The monoisotopic (exact) mass is 194 g/mol. The standard InChI is InChI=1S/C8H18O5/c1-3-7(4-9)13-8(5-10,6-11)12-2/h7,9-11H,3-6H2,1-2H3/t7-/m0/s1. The minimum absolute atomic E-state index is 0.165. The lowest BCUT2D eigenvalue weighted by atomic mass is 10.2. The molecule has 0 aromatic carbocycles. The third-order valence-electron chi connectivity index (χ3n) is 1.89. The van der Waals surface area contributed by atoms with E-state index in [9.17, 15) is 0 Å². The Morgan fingerprint density at radius 1 is 1.23 bits per heavy atom. The van der Waals surface area contributed by atoms with Gasteiger partial charge in [-0.15, -0.1) is 0 Å². The Labute approximate surface area is 77.9 Å². The van der Waals surface area contributed by atoms with Crippen LogP contribution in [0.1, 0.15) is 13.3 Å². The topological polar surface area (TPSA) is 79.2 Å². The molecule has 0 amide bonds. The Kier molecular flexibility index (Phi) is 6.19. The normalized spacial score (nSPS) is 14.5. The van der Waals surface area contributed by atoms with Gasteiger partial charge in [-0.3, -0.25) is 0 Å². The first-order valence-corrected chi connectivity index (χ1v) is 4.23. The largest absolute Gasteiger partial charge is 0.394 e. The van der Waals surface area contributed by atoms with Crippen LogP contribution >= 0.6 is 0 Å².